The number of para-hydroxylation sites is 1. The van der Waals surface area contributed by atoms with Gasteiger partial charge in [-0.3, -0.25) is 4.99 Å². The van der Waals surface area contributed by atoms with Gasteiger partial charge in [0, 0.05) is 38.9 Å². The highest BCUT2D eigenvalue weighted by atomic mass is 15.3. The van der Waals surface area contributed by atoms with E-state index >= 15 is 0 Å². The van der Waals surface area contributed by atoms with Crippen LogP contribution in [0.15, 0.2) is 41.2 Å². The number of rotatable bonds is 0. The van der Waals surface area contributed by atoms with Crippen LogP contribution >= 0.6 is 0 Å². The first kappa shape index (κ1) is 9.46. The number of aliphatic imine (C=N–C) groups is 1. The van der Waals surface area contributed by atoms with Gasteiger partial charge >= 0.3 is 0 Å². The Morgan fingerprint density at radius 2 is 2.00 bits per heavy atom. The van der Waals surface area contributed by atoms with E-state index in [1.54, 1.807) is 0 Å². The van der Waals surface area contributed by atoms with Crippen molar-refractivity contribution in [1.29, 1.82) is 0 Å². The topological polar surface area (TPSA) is 18.8 Å². The minimum Gasteiger partial charge on any atom is -0.377 e. The number of hydrogen-bond acceptors (Lipinski definition) is 3. The quantitative estimate of drug-likeness (QED) is 0.653. The molecule has 0 saturated heterocycles. The minimum absolute atomic E-state index is 1.04. The third-order valence-electron chi connectivity index (χ3n) is 3.23. The Balaban J connectivity index is 2.20. The van der Waals surface area contributed by atoms with Crippen molar-refractivity contribution in [3.8, 4) is 0 Å². The van der Waals surface area contributed by atoms with E-state index in [1.165, 1.54) is 16.9 Å². The molecule has 2 aliphatic heterocycles. The summed E-state index contributed by atoms with van der Waals surface area (Å²) in [6, 6.07) is 8.49. The van der Waals surface area contributed by atoms with Crippen LogP contribution < -0.4 is 4.90 Å². The van der Waals surface area contributed by atoms with Crippen LogP contribution in [0.25, 0.3) is 0 Å². The van der Waals surface area contributed by atoms with Crippen LogP contribution in [0.4, 0.5) is 5.69 Å². The molecule has 0 unspecified atom stereocenters. The predicted molar refractivity (Wildman–Crippen MR) is 67.0 cm³/mol. The summed E-state index contributed by atoms with van der Waals surface area (Å²) >= 11 is 0. The molecule has 0 aromatic heterocycles. The molecule has 0 spiro atoms. The predicted octanol–water partition coefficient (Wildman–Crippen LogP) is 1.71. The van der Waals surface area contributed by atoms with Gasteiger partial charge in [-0.1, -0.05) is 18.2 Å². The third kappa shape index (κ3) is 1.18. The lowest BCUT2D eigenvalue weighted by Crippen LogP contribution is -2.35. The molecule has 82 valence electrons. The molecule has 3 heteroatoms. The van der Waals surface area contributed by atoms with Gasteiger partial charge in [-0.25, -0.2) is 0 Å². The maximum absolute atomic E-state index is 4.43. The normalized spacial score (nSPS) is 20.9. The van der Waals surface area contributed by atoms with E-state index in [-0.39, 0.29) is 0 Å². The number of allylic oxidation sites excluding steroid dienone is 1. The van der Waals surface area contributed by atoms with Crippen molar-refractivity contribution >= 4 is 11.4 Å². The van der Waals surface area contributed by atoms with E-state index in [1.807, 2.05) is 7.05 Å². The smallest absolute Gasteiger partial charge is 0.0916 e. The fourth-order valence-electron chi connectivity index (χ4n) is 2.44. The van der Waals surface area contributed by atoms with E-state index < -0.39 is 0 Å². The minimum atomic E-state index is 1.04. The largest absolute Gasteiger partial charge is 0.377 e. The fourth-order valence-corrected chi connectivity index (χ4v) is 2.44. The molecule has 0 bridgehead atoms. The summed E-state index contributed by atoms with van der Waals surface area (Å²) in [5.74, 6) is 0. The Kier molecular flexibility index (Phi) is 1.99. The van der Waals surface area contributed by atoms with Crippen molar-refractivity contribution in [3.05, 3.63) is 41.7 Å². The van der Waals surface area contributed by atoms with Gasteiger partial charge in [0.05, 0.1) is 17.1 Å². The first-order chi connectivity index (χ1) is 7.81. The van der Waals surface area contributed by atoms with E-state index in [0.717, 1.165) is 18.8 Å². The van der Waals surface area contributed by atoms with Crippen molar-refractivity contribution in [2.45, 2.75) is 0 Å². The Morgan fingerprint density at radius 3 is 2.81 bits per heavy atom. The highest BCUT2D eigenvalue weighted by Crippen LogP contribution is 2.35. The first-order valence-electron chi connectivity index (χ1n) is 5.57. The Bertz CT molecular complexity index is 488. The van der Waals surface area contributed by atoms with Crippen LogP contribution in [-0.4, -0.2) is 37.8 Å². The van der Waals surface area contributed by atoms with Crippen LogP contribution in [0.5, 0.6) is 0 Å². The van der Waals surface area contributed by atoms with Crippen molar-refractivity contribution in [2.24, 2.45) is 4.99 Å². The summed E-state index contributed by atoms with van der Waals surface area (Å²) in [6.07, 6.45) is 2.19. The molecule has 2 heterocycles. The van der Waals surface area contributed by atoms with E-state index in [2.05, 4.69) is 52.3 Å². The van der Waals surface area contributed by atoms with Gasteiger partial charge in [0.15, 0.2) is 0 Å². The van der Waals surface area contributed by atoms with Gasteiger partial charge in [-0.05, 0) is 6.07 Å². The van der Waals surface area contributed by atoms with Gasteiger partial charge in [0.25, 0.3) is 0 Å². The number of likely N-dealkylation sites (N-methyl/N-ethyl adjacent to an activating group) is 1. The van der Waals surface area contributed by atoms with Gasteiger partial charge in [0.2, 0.25) is 0 Å². The molecule has 0 atom stereocenters. The lowest BCUT2D eigenvalue weighted by Gasteiger charge is -2.30. The number of benzene rings is 1. The van der Waals surface area contributed by atoms with Crippen LogP contribution in [-0.2, 0) is 0 Å². The second-order valence-corrected chi connectivity index (χ2v) is 4.24. The van der Waals surface area contributed by atoms with Gasteiger partial charge in [0.1, 0.15) is 0 Å². The zero-order chi connectivity index (χ0) is 11.1. The second kappa shape index (κ2) is 3.37. The molecular weight excluding hydrogens is 198 g/mol. The van der Waals surface area contributed by atoms with Crippen LogP contribution in [0.2, 0.25) is 0 Å². The highest BCUT2D eigenvalue weighted by Gasteiger charge is 2.31. The van der Waals surface area contributed by atoms with Gasteiger partial charge in [-0.2, -0.15) is 0 Å². The molecule has 0 aliphatic carbocycles. The number of fused-ring (bicyclic) bond motifs is 3. The lowest BCUT2D eigenvalue weighted by molar-refractivity contribution is 0.443. The highest BCUT2D eigenvalue weighted by molar-refractivity contribution is 6.22. The van der Waals surface area contributed by atoms with Gasteiger partial charge in [-0.15, -0.1) is 0 Å². The average Bonchev–Trinajstić information content (AvgIpc) is 2.61. The maximum Gasteiger partial charge on any atom is 0.0916 e. The molecule has 0 amide bonds. The molecule has 2 aliphatic rings. The van der Waals surface area contributed by atoms with Crippen molar-refractivity contribution in [2.75, 3.05) is 32.1 Å². The van der Waals surface area contributed by atoms with Crippen LogP contribution in [0.3, 0.4) is 0 Å². The summed E-state index contributed by atoms with van der Waals surface area (Å²) in [7, 11) is 3.98. The number of hydrogen-bond donors (Lipinski definition) is 0. The Hall–Kier alpha value is -1.77. The maximum atomic E-state index is 4.43. The zero-order valence-electron chi connectivity index (χ0n) is 9.64. The second-order valence-electron chi connectivity index (χ2n) is 4.24. The van der Waals surface area contributed by atoms with Crippen molar-refractivity contribution < 1.29 is 0 Å². The summed E-state index contributed by atoms with van der Waals surface area (Å²) in [5.41, 5.74) is 4.90. The molecule has 0 radical (unpaired) electrons. The molecule has 16 heavy (non-hydrogen) atoms. The summed E-state index contributed by atoms with van der Waals surface area (Å²) in [5, 5.41) is 0. The molecule has 0 saturated carbocycles. The number of nitrogens with zero attached hydrogens (tertiary/aromatic N) is 3. The van der Waals surface area contributed by atoms with Crippen LogP contribution in [0, 0.1) is 0 Å². The van der Waals surface area contributed by atoms with E-state index in [4.69, 9.17) is 0 Å². The lowest BCUT2D eigenvalue weighted by atomic mass is 10.1. The third-order valence-corrected chi connectivity index (χ3v) is 3.23. The standard InChI is InChI=1S/C13H15N3/c1-14-13-10-5-3-4-6-11(10)16-8-7-15(2)9-12(13)16/h3-6,9H,7-8H2,1-2H3. The number of anilines is 1. The van der Waals surface area contributed by atoms with Crippen LogP contribution in [0.1, 0.15) is 5.56 Å². The van der Waals surface area contributed by atoms with Crippen molar-refractivity contribution in [3.63, 3.8) is 0 Å². The van der Waals surface area contributed by atoms with Gasteiger partial charge < -0.3 is 9.80 Å². The Morgan fingerprint density at radius 1 is 1.19 bits per heavy atom. The first-order valence-corrected chi connectivity index (χ1v) is 5.57. The summed E-state index contributed by atoms with van der Waals surface area (Å²) in [6.45, 7) is 2.10. The molecule has 1 aromatic rings. The van der Waals surface area contributed by atoms with E-state index in [0.29, 0.717) is 0 Å². The monoisotopic (exact) mass is 213 g/mol. The molecule has 3 rings (SSSR count). The van der Waals surface area contributed by atoms with E-state index in [9.17, 15) is 0 Å². The Labute approximate surface area is 95.7 Å². The molecule has 0 fully saturated rings. The fraction of sp³-hybridized carbons (Fsp3) is 0.308. The molecule has 0 N–H and O–H groups in total. The van der Waals surface area contributed by atoms with Crippen molar-refractivity contribution in [1.82, 2.24) is 4.90 Å². The SMILES string of the molecule is CN=C1C2=CN(C)CCN2c2ccccc21. The average molecular weight is 213 g/mol. The summed E-state index contributed by atoms with van der Waals surface area (Å²) in [4.78, 5) is 9.01. The summed E-state index contributed by atoms with van der Waals surface area (Å²) < 4.78 is 0. The molecule has 1 aromatic carbocycles. The molecule has 3 nitrogen and oxygen atoms in total. The molecular formula is C13H15N3. The zero-order valence-corrected chi connectivity index (χ0v) is 9.64.